The van der Waals surface area contributed by atoms with E-state index in [1.807, 2.05) is 22.9 Å². The summed E-state index contributed by atoms with van der Waals surface area (Å²) < 4.78 is 14.9. The van der Waals surface area contributed by atoms with E-state index >= 15 is 0 Å². The van der Waals surface area contributed by atoms with Crippen LogP contribution < -0.4 is 0 Å². The summed E-state index contributed by atoms with van der Waals surface area (Å²) in [6.07, 6.45) is 7.04. The molecule has 0 aliphatic carbocycles. The van der Waals surface area contributed by atoms with Gasteiger partial charge in [0, 0.05) is 30.4 Å². The zero-order chi connectivity index (χ0) is 12.4. The second-order valence-corrected chi connectivity index (χ2v) is 3.83. The Labute approximate surface area is 104 Å². The number of benzene rings is 1. The fourth-order valence-electron chi connectivity index (χ4n) is 1.83. The van der Waals surface area contributed by atoms with Crippen molar-refractivity contribution in [1.82, 2.24) is 14.5 Å². The van der Waals surface area contributed by atoms with Gasteiger partial charge in [0.2, 0.25) is 0 Å². The van der Waals surface area contributed by atoms with E-state index in [0.717, 1.165) is 17.1 Å². The summed E-state index contributed by atoms with van der Waals surface area (Å²) in [6, 6.07) is 10.1. The van der Waals surface area contributed by atoms with E-state index < -0.39 is 0 Å². The number of aromatic nitrogens is 3. The van der Waals surface area contributed by atoms with Crippen LogP contribution in [0.3, 0.4) is 0 Å². The lowest BCUT2D eigenvalue weighted by atomic mass is 10.2. The van der Waals surface area contributed by atoms with E-state index in [1.165, 1.54) is 12.1 Å². The van der Waals surface area contributed by atoms with E-state index in [9.17, 15) is 4.39 Å². The SMILES string of the molecule is Fc1ccc(-c2nccn2-c2ccncc2)cc1. The number of nitrogens with zero attached hydrogens (tertiary/aromatic N) is 3. The van der Waals surface area contributed by atoms with E-state index in [0.29, 0.717) is 0 Å². The van der Waals surface area contributed by atoms with Gasteiger partial charge in [-0.2, -0.15) is 0 Å². The molecule has 4 heteroatoms. The van der Waals surface area contributed by atoms with Crippen molar-refractivity contribution in [3.63, 3.8) is 0 Å². The van der Waals surface area contributed by atoms with Crippen molar-refractivity contribution in [2.75, 3.05) is 0 Å². The molecule has 88 valence electrons. The van der Waals surface area contributed by atoms with Crippen molar-refractivity contribution in [3.05, 3.63) is 67.0 Å². The van der Waals surface area contributed by atoms with Crippen LogP contribution in [0.25, 0.3) is 17.1 Å². The molecule has 0 N–H and O–H groups in total. The number of imidazole rings is 1. The minimum atomic E-state index is -0.249. The molecule has 0 aliphatic heterocycles. The zero-order valence-electron chi connectivity index (χ0n) is 9.49. The highest BCUT2D eigenvalue weighted by Gasteiger charge is 2.07. The van der Waals surface area contributed by atoms with Gasteiger partial charge in [0.15, 0.2) is 0 Å². The van der Waals surface area contributed by atoms with E-state index in [-0.39, 0.29) is 5.82 Å². The van der Waals surface area contributed by atoms with Gasteiger partial charge in [0.1, 0.15) is 11.6 Å². The Kier molecular flexibility index (Phi) is 2.61. The van der Waals surface area contributed by atoms with Crippen LogP contribution >= 0.6 is 0 Å². The van der Waals surface area contributed by atoms with Crippen LogP contribution in [0.4, 0.5) is 4.39 Å². The van der Waals surface area contributed by atoms with Gasteiger partial charge in [-0.25, -0.2) is 9.37 Å². The predicted molar refractivity (Wildman–Crippen MR) is 66.8 cm³/mol. The summed E-state index contributed by atoms with van der Waals surface area (Å²) in [7, 11) is 0. The molecule has 2 heterocycles. The van der Waals surface area contributed by atoms with Crippen molar-refractivity contribution >= 4 is 0 Å². The number of halogens is 1. The van der Waals surface area contributed by atoms with E-state index in [2.05, 4.69) is 9.97 Å². The average molecular weight is 239 g/mol. The predicted octanol–water partition coefficient (Wildman–Crippen LogP) is 3.07. The quantitative estimate of drug-likeness (QED) is 0.688. The average Bonchev–Trinajstić information content (AvgIpc) is 2.90. The van der Waals surface area contributed by atoms with Crippen molar-refractivity contribution in [2.24, 2.45) is 0 Å². The molecule has 0 amide bonds. The summed E-state index contributed by atoms with van der Waals surface area (Å²) in [5.74, 6) is 0.530. The molecule has 3 rings (SSSR count). The molecule has 3 nitrogen and oxygen atoms in total. The lowest BCUT2D eigenvalue weighted by Gasteiger charge is -2.07. The van der Waals surface area contributed by atoms with Crippen molar-refractivity contribution < 1.29 is 4.39 Å². The van der Waals surface area contributed by atoms with E-state index in [4.69, 9.17) is 0 Å². The number of rotatable bonds is 2. The molecule has 0 fully saturated rings. The first-order valence-electron chi connectivity index (χ1n) is 5.54. The van der Waals surface area contributed by atoms with Crippen LogP contribution in [0.1, 0.15) is 0 Å². The Morgan fingerprint density at radius 3 is 2.33 bits per heavy atom. The van der Waals surface area contributed by atoms with Gasteiger partial charge in [0.25, 0.3) is 0 Å². The maximum absolute atomic E-state index is 12.9. The fraction of sp³-hybridized carbons (Fsp3) is 0. The molecule has 1 aromatic carbocycles. The molecule has 3 aromatic rings. The van der Waals surface area contributed by atoms with Gasteiger partial charge >= 0.3 is 0 Å². The maximum Gasteiger partial charge on any atom is 0.144 e. The van der Waals surface area contributed by atoms with Gasteiger partial charge < -0.3 is 0 Å². The fourth-order valence-corrected chi connectivity index (χ4v) is 1.83. The lowest BCUT2D eigenvalue weighted by molar-refractivity contribution is 0.628. The molecule has 2 aromatic heterocycles. The monoisotopic (exact) mass is 239 g/mol. The van der Waals surface area contributed by atoms with Crippen LogP contribution in [-0.2, 0) is 0 Å². The first-order valence-corrected chi connectivity index (χ1v) is 5.54. The summed E-state index contributed by atoms with van der Waals surface area (Å²) in [6.45, 7) is 0. The molecule has 0 saturated heterocycles. The Bertz CT molecular complexity index is 644. The van der Waals surface area contributed by atoms with Crippen molar-refractivity contribution in [1.29, 1.82) is 0 Å². The highest BCUT2D eigenvalue weighted by atomic mass is 19.1. The second kappa shape index (κ2) is 4.41. The third-order valence-electron chi connectivity index (χ3n) is 2.68. The van der Waals surface area contributed by atoms with Gasteiger partial charge in [0.05, 0.1) is 5.69 Å². The third-order valence-corrected chi connectivity index (χ3v) is 2.68. The molecular formula is C14H10FN3. The molecule has 0 spiro atoms. The van der Waals surface area contributed by atoms with Crippen molar-refractivity contribution in [2.45, 2.75) is 0 Å². The van der Waals surface area contributed by atoms with Crippen LogP contribution in [0, 0.1) is 5.82 Å². The Hall–Kier alpha value is -2.49. The van der Waals surface area contributed by atoms with Gasteiger partial charge in [-0.05, 0) is 36.4 Å². The first kappa shape index (κ1) is 10.7. The Balaban J connectivity index is 2.10. The van der Waals surface area contributed by atoms with Gasteiger partial charge in [-0.1, -0.05) is 0 Å². The largest absolute Gasteiger partial charge is 0.300 e. The standard InChI is InChI=1S/C14H10FN3/c15-12-3-1-11(2-4-12)14-17-9-10-18(14)13-5-7-16-8-6-13/h1-10H. The highest BCUT2D eigenvalue weighted by molar-refractivity contribution is 5.58. The first-order chi connectivity index (χ1) is 8.84. The van der Waals surface area contributed by atoms with Crippen LogP contribution in [0.2, 0.25) is 0 Å². The maximum atomic E-state index is 12.9. The Morgan fingerprint density at radius 1 is 0.889 bits per heavy atom. The van der Waals surface area contributed by atoms with Crippen LogP contribution in [-0.4, -0.2) is 14.5 Å². The number of hydrogen-bond donors (Lipinski definition) is 0. The zero-order valence-corrected chi connectivity index (χ0v) is 9.49. The topological polar surface area (TPSA) is 30.7 Å². The molecule has 0 radical (unpaired) electrons. The lowest BCUT2D eigenvalue weighted by Crippen LogP contribution is -1.96. The van der Waals surface area contributed by atoms with Gasteiger partial charge in [-0.15, -0.1) is 0 Å². The van der Waals surface area contributed by atoms with Crippen LogP contribution in [0.5, 0.6) is 0 Å². The van der Waals surface area contributed by atoms with Crippen LogP contribution in [0.15, 0.2) is 61.2 Å². The number of pyridine rings is 1. The minimum absolute atomic E-state index is 0.249. The summed E-state index contributed by atoms with van der Waals surface area (Å²) in [5, 5.41) is 0. The summed E-state index contributed by atoms with van der Waals surface area (Å²) in [5.41, 5.74) is 1.85. The molecule has 0 unspecified atom stereocenters. The summed E-state index contributed by atoms with van der Waals surface area (Å²) >= 11 is 0. The van der Waals surface area contributed by atoms with Gasteiger partial charge in [-0.3, -0.25) is 9.55 Å². The highest BCUT2D eigenvalue weighted by Crippen LogP contribution is 2.21. The molecule has 0 aliphatic rings. The molecule has 0 atom stereocenters. The minimum Gasteiger partial charge on any atom is -0.300 e. The number of hydrogen-bond acceptors (Lipinski definition) is 2. The summed E-state index contributed by atoms with van der Waals surface area (Å²) in [4.78, 5) is 8.30. The molecular weight excluding hydrogens is 229 g/mol. The molecule has 0 saturated carbocycles. The Morgan fingerprint density at radius 2 is 1.61 bits per heavy atom. The van der Waals surface area contributed by atoms with E-state index in [1.54, 1.807) is 30.7 Å². The second-order valence-electron chi connectivity index (χ2n) is 3.83. The molecule has 0 bridgehead atoms. The third kappa shape index (κ3) is 1.88. The van der Waals surface area contributed by atoms with Crippen molar-refractivity contribution in [3.8, 4) is 17.1 Å². The normalized spacial score (nSPS) is 10.5. The molecule has 18 heavy (non-hydrogen) atoms. The smallest absolute Gasteiger partial charge is 0.144 e.